The molecule has 16 heavy (non-hydrogen) atoms. The maximum absolute atomic E-state index is 13.6. The predicted octanol–water partition coefficient (Wildman–Crippen LogP) is 3.91. The lowest BCUT2D eigenvalue weighted by Gasteiger charge is -2.17. The third-order valence-electron chi connectivity index (χ3n) is 2.71. The molecule has 0 saturated heterocycles. The summed E-state index contributed by atoms with van der Waals surface area (Å²) < 4.78 is 13.6. The molecule has 1 aliphatic carbocycles. The fourth-order valence-electron chi connectivity index (χ4n) is 1.78. The minimum Gasteiger partial charge on any atom is -0.320 e. The van der Waals surface area contributed by atoms with E-state index >= 15 is 0 Å². The van der Waals surface area contributed by atoms with E-state index in [4.69, 9.17) is 17.3 Å². The maximum atomic E-state index is 13.6. The highest BCUT2D eigenvalue weighted by Crippen LogP contribution is 2.29. The molecular formula is C13H13ClFN. The largest absolute Gasteiger partial charge is 0.320 e. The first-order valence-corrected chi connectivity index (χ1v) is 5.62. The first kappa shape index (κ1) is 11.4. The zero-order valence-corrected chi connectivity index (χ0v) is 9.54. The monoisotopic (exact) mass is 237 g/mol. The highest BCUT2D eigenvalue weighted by molar-refractivity contribution is 6.30. The minimum absolute atomic E-state index is 0.107. The van der Waals surface area contributed by atoms with Crippen molar-refractivity contribution >= 4 is 11.6 Å². The summed E-state index contributed by atoms with van der Waals surface area (Å²) in [7, 11) is 0. The average molecular weight is 238 g/mol. The van der Waals surface area contributed by atoms with Crippen LogP contribution in [0.1, 0.15) is 24.4 Å². The molecule has 1 aromatic rings. The lowest BCUT2D eigenvalue weighted by molar-refractivity contribution is 0.564. The molecule has 3 heteroatoms. The summed E-state index contributed by atoms with van der Waals surface area (Å²) >= 11 is 5.79. The summed E-state index contributed by atoms with van der Waals surface area (Å²) in [5.74, 6) is -0.107. The molecular weight excluding hydrogens is 225 g/mol. The normalized spacial score (nSPS) is 17.7. The van der Waals surface area contributed by atoms with Crippen LogP contribution in [0.2, 0.25) is 5.02 Å². The van der Waals surface area contributed by atoms with E-state index in [0.717, 1.165) is 12.0 Å². The Morgan fingerprint density at radius 3 is 2.56 bits per heavy atom. The van der Waals surface area contributed by atoms with Crippen LogP contribution in [0.25, 0.3) is 0 Å². The Hall–Kier alpha value is -1.12. The van der Waals surface area contributed by atoms with E-state index in [9.17, 15) is 4.39 Å². The van der Waals surface area contributed by atoms with Crippen LogP contribution in [0.15, 0.2) is 47.8 Å². The average Bonchev–Trinajstić information content (AvgIpc) is 2.30. The lowest BCUT2D eigenvalue weighted by Crippen LogP contribution is -2.14. The summed E-state index contributed by atoms with van der Waals surface area (Å²) in [6, 6.07) is 6.78. The van der Waals surface area contributed by atoms with Gasteiger partial charge in [0.15, 0.2) is 0 Å². The van der Waals surface area contributed by atoms with Gasteiger partial charge in [0.25, 0.3) is 0 Å². The molecule has 1 nitrogen and oxygen atoms in total. The van der Waals surface area contributed by atoms with Crippen molar-refractivity contribution in [2.24, 2.45) is 5.73 Å². The van der Waals surface area contributed by atoms with Crippen LogP contribution >= 0.6 is 11.6 Å². The highest BCUT2D eigenvalue weighted by Gasteiger charge is 2.16. The molecule has 0 saturated carbocycles. The molecule has 0 spiro atoms. The summed E-state index contributed by atoms with van der Waals surface area (Å²) in [5.41, 5.74) is 7.47. The second-order valence-electron chi connectivity index (χ2n) is 3.83. The van der Waals surface area contributed by atoms with E-state index < -0.39 is 6.04 Å². The van der Waals surface area contributed by atoms with E-state index in [0.29, 0.717) is 17.0 Å². The van der Waals surface area contributed by atoms with Gasteiger partial charge in [-0.1, -0.05) is 35.9 Å². The van der Waals surface area contributed by atoms with Crippen LogP contribution in [-0.4, -0.2) is 0 Å². The first-order valence-electron chi connectivity index (χ1n) is 5.24. The van der Waals surface area contributed by atoms with Crippen molar-refractivity contribution in [3.63, 3.8) is 0 Å². The summed E-state index contributed by atoms with van der Waals surface area (Å²) in [6.45, 7) is 0. The standard InChI is InChI=1S/C13H13ClFN/c14-10-7-5-9(6-8-10)13(16)11-3-1-2-4-12(11)15/h1,3,5-8,13H,2,4,16H2. The zero-order chi connectivity index (χ0) is 11.5. The maximum Gasteiger partial charge on any atom is 0.105 e. The number of nitrogens with two attached hydrogens (primary N) is 1. The van der Waals surface area contributed by atoms with E-state index in [1.807, 2.05) is 18.2 Å². The molecule has 0 aromatic heterocycles. The predicted molar refractivity (Wildman–Crippen MR) is 64.9 cm³/mol. The van der Waals surface area contributed by atoms with E-state index in [1.165, 1.54) is 0 Å². The number of rotatable bonds is 2. The summed E-state index contributed by atoms with van der Waals surface area (Å²) in [6.07, 6.45) is 4.93. The zero-order valence-electron chi connectivity index (χ0n) is 8.79. The van der Waals surface area contributed by atoms with Crippen molar-refractivity contribution in [3.05, 3.63) is 58.4 Å². The minimum atomic E-state index is -0.409. The van der Waals surface area contributed by atoms with E-state index in [-0.39, 0.29) is 5.83 Å². The lowest BCUT2D eigenvalue weighted by atomic mass is 9.94. The summed E-state index contributed by atoms with van der Waals surface area (Å²) in [4.78, 5) is 0. The quantitative estimate of drug-likeness (QED) is 0.829. The molecule has 0 amide bonds. The van der Waals surface area contributed by atoms with E-state index in [1.54, 1.807) is 18.2 Å². The van der Waals surface area contributed by atoms with Crippen molar-refractivity contribution in [2.75, 3.05) is 0 Å². The molecule has 2 rings (SSSR count). The third kappa shape index (κ3) is 2.34. The van der Waals surface area contributed by atoms with Crippen LogP contribution in [0.4, 0.5) is 4.39 Å². The van der Waals surface area contributed by atoms with E-state index in [2.05, 4.69) is 0 Å². The van der Waals surface area contributed by atoms with Gasteiger partial charge in [0, 0.05) is 17.0 Å². The van der Waals surface area contributed by atoms with Gasteiger partial charge in [-0.15, -0.1) is 0 Å². The molecule has 0 heterocycles. The van der Waals surface area contributed by atoms with Gasteiger partial charge in [0.05, 0.1) is 6.04 Å². The SMILES string of the molecule is NC(C1=C(F)CCC=C1)c1ccc(Cl)cc1. The Morgan fingerprint density at radius 1 is 1.25 bits per heavy atom. The van der Waals surface area contributed by atoms with Gasteiger partial charge in [0.1, 0.15) is 5.83 Å². The van der Waals surface area contributed by atoms with Crippen LogP contribution in [0.5, 0.6) is 0 Å². The van der Waals surface area contributed by atoms with Crippen molar-refractivity contribution in [3.8, 4) is 0 Å². The van der Waals surface area contributed by atoms with Gasteiger partial charge in [-0.2, -0.15) is 0 Å². The smallest absolute Gasteiger partial charge is 0.105 e. The van der Waals surface area contributed by atoms with Gasteiger partial charge in [-0.25, -0.2) is 4.39 Å². The topological polar surface area (TPSA) is 26.0 Å². The van der Waals surface area contributed by atoms with Crippen LogP contribution in [0.3, 0.4) is 0 Å². The number of halogens is 2. The molecule has 0 aliphatic heterocycles. The first-order chi connectivity index (χ1) is 7.68. The highest BCUT2D eigenvalue weighted by atomic mass is 35.5. The third-order valence-corrected chi connectivity index (χ3v) is 2.96. The number of benzene rings is 1. The molecule has 1 atom stereocenters. The Morgan fingerprint density at radius 2 is 1.94 bits per heavy atom. The van der Waals surface area contributed by atoms with Gasteiger partial charge in [-0.3, -0.25) is 0 Å². The molecule has 0 radical (unpaired) electrons. The van der Waals surface area contributed by atoms with Crippen molar-refractivity contribution in [2.45, 2.75) is 18.9 Å². The Kier molecular flexibility index (Phi) is 3.42. The van der Waals surface area contributed by atoms with Gasteiger partial charge >= 0.3 is 0 Å². The number of hydrogen-bond donors (Lipinski definition) is 1. The Labute approximate surface area is 99.4 Å². The van der Waals surface area contributed by atoms with Crippen LogP contribution < -0.4 is 5.73 Å². The molecule has 1 unspecified atom stereocenters. The number of hydrogen-bond acceptors (Lipinski definition) is 1. The Balaban J connectivity index is 2.28. The second kappa shape index (κ2) is 4.81. The van der Waals surface area contributed by atoms with Gasteiger partial charge in [-0.05, 0) is 24.1 Å². The fourth-order valence-corrected chi connectivity index (χ4v) is 1.90. The second-order valence-corrected chi connectivity index (χ2v) is 4.27. The number of allylic oxidation sites excluding steroid dienone is 2. The molecule has 2 N–H and O–H groups in total. The van der Waals surface area contributed by atoms with Gasteiger partial charge < -0.3 is 5.73 Å². The molecule has 1 aromatic carbocycles. The van der Waals surface area contributed by atoms with Crippen LogP contribution in [0, 0.1) is 0 Å². The van der Waals surface area contributed by atoms with Crippen LogP contribution in [-0.2, 0) is 0 Å². The molecule has 1 aliphatic rings. The van der Waals surface area contributed by atoms with Crippen molar-refractivity contribution < 1.29 is 4.39 Å². The fraction of sp³-hybridized carbons (Fsp3) is 0.231. The van der Waals surface area contributed by atoms with Crippen molar-refractivity contribution in [1.29, 1.82) is 0 Å². The van der Waals surface area contributed by atoms with Crippen molar-refractivity contribution in [1.82, 2.24) is 0 Å². The summed E-state index contributed by atoms with van der Waals surface area (Å²) in [5, 5.41) is 0.657. The molecule has 0 fully saturated rings. The Bertz CT molecular complexity index is 434. The molecule has 0 bridgehead atoms. The molecule has 84 valence electrons. The van der Waals surface area contributed by atoms with Gasteiger partial charge in [0.2, 0.25) is 0 Å².